The SMILES string of the molecule is CCC(C)(C)[C@H](C)c1cc(CO)ccc1-c1cc(OC)ccc1F. The smallest absolute Gasteiger partial charge is 0.131 e. The van der Waals surface area contributed by atoms with Crippen LogP contribution in [0.25, 0.3) is 11.1 Å². The molecule has 24 heavy (non-hydrogen) atoms. The van der Waals surface area contributed by atoms with Crippen LogP contribution in [0, 0.1) is 11.2 Å². The van der Waals surface area contributed by atoms with Gasteiger partial charge in [0.05, 0.1) is 13.7 Å². The van der Waals surface area contributed by atoms with Crippen molar-refractivity contribution >= 4 is 0 Å². The highest BCUT2D eigenvalue weighted by Crippen LogP contribution is 2.43. The Morgan fingerprint density at radius 3 is 2.42 bits per heavy atom. The maximum absolute atomic E-state index is 14.5. The zero-order chi connectivity index (χ0) is 17.9. The van der Waals surface area contributed by atoms with Crippen LogP contribution in [0.1, 0.15) is 51.2 Å². The summed E-state index contributed by atoms with van der Waals surface area (Å²) >= 11 is 0. The van der Waals surface area contributed by atoms with Crippen molar-refractivity contribution in [3.63, 3.8) is 0 Å². The van der Waals surface area contributed by atoms with Gasteiger partial charge < -0.3 is 9.84 Å². The van der Waals surface area contributed by atoms with E-state index in [1.54, 1.807) is 19.2 Å². The van der Waals surface area contributed by atoms with E-state index in [9.17, 15) is 9.50 Å². The normalized spacial score (nSPS) is 13.0. The molecule has 0 amide bonds. The Kier molecular flexibility index (Phi) is 5.66. The molecule has 0 unspecified atom stereocenters. The van der Waals surface area contributed by atoms with E-state index in [0.29, 0.717) is 11.3 Å². The highest BCUT2D eigenvalue weighted by Gasteiger charge is 2.28. The second-order valence-electron chi connectivity index (χ2n) is 6.99. The first kappa shape index (κ1) is 18.5. The standard InChI is InChI=1S/C21H27FO2/c1-6-21(3,4)14(2)18-11-15(13-23)7-9-17(18)19-12-16(24-5)8-10-20(19)22/h7-12,14,23H,6,13H2,1-5H3/t14-/m1/s1. The van der Waals surface area contributed by atoms with Crippen molar-refractivity contribution in [2.45, 2.75) is 46.6 Å². The minimum absolute atomic E-state index is 0.0207. The second-order valence-corrected chi connectivity index (χ2v) is 6.99. The molecule has 2 nitrogen and oxygen atoms in total. The first-order chi connectivity index (χ1) is 11.3. The van der Waals surface area contributed by atoms with Gasteiger partial charge in [0.25, 0.3) is 0 Å². The molecule has 3 heteroatoms. The van der Waals surface area contributed by atoms with E-state index in [1.165, 1.54) is 6.07 Å². The Morgan fingerprint density at radius 2 is 1.83 bits per heavy atom. The summed E-state index contributed by atoms with van der Waals surface area (Å²) in [6.45, 7) is 8.75. The van der Waals surface area contributed by atoms with E-state index in [0.717, 1.165) is 23.1 Å². The first-order valence-electron chi connectivity index (χ1n) is 8.41. The van der Waals surface area contributed by atoms with Crippen LogP contribution in [0.15, 0.2) is 36.4 Å². The number of ether oxygens (including phenoxy) is 1. The molecule has 0 saturated carbocycles. The summed E-state index contributed by atoms with van der Waals surface area (Å²) < 4.78 is 19.7. The van der Waals surface area contributed by atoms with E-state index < -0.39 is 0 Å². The minimum Gasteiger partial charge on any atom is -0.497 e. The summed E-state index contributed by atoms with van der Waals surface area (Å²) in [6.07, 6.45) is 1.01. The van der Waals surface area contributed by atoms with Crippen molar-refractivity contribution < 1.29 is 14.2 Å². The number of hydrogen-bond donors (Lipinski definition) is 1. The van der Waals surface area contributed by atoms with Gasteiger partial charge in [0, 0.05) is 5.56 Å². The summed E-state index contributed by atoms with van der Waals surface area (Å²) in [5, 5.41) is 9.51. The predicted octanol–water partition coefficient (Wildman–Crippen LogP) is 5.53. The van der Waals surface area contributed by atoms with Crippen LogP contribution in [-0.4, -0.2) is 12.2 Å². The molecule has 2 rings (SSSR count). The van der Waals surface area contributed by atoms with Gasteiger partial charge in [-0.2, -0.15) is 0 Å². The van der Waals surface area contributed by atoms with Gasteiger partial charge in [0.2, 0.25) is 0 Å². The Balaban J connectivity index is 2.66. The van der Waals surface area contributed by atoms with Crippen molar-refractivity contribution in [1.82, 2.24) is 0 Å². The Hall–Kier alpha value is -1.87. The molecule has 130 valence electrons. The molecule has 0 aliphatic heterocycles. The zero-order valence-electron chi connectivity index (χ0n) is 15.2. The molecule has 0 spiro atoms. The van der Waals surface area contributed by atoms with Crippen molar-refractivity contribution in [3.05, 3.63) is 53.3 Å². The highest BCUT2D eigenvalue weighted by molar-refractivity contribution is 5.70. The molecule has 1 N–H and O–H groups in total. The number of aliphatic hydroxyl groups is 1. The largest absolute Gasteiger partial charge is 0.497 e. The van der Waals surface area contributed by atoms with Gasteiger partial charge in [-0.15, -0.1) is 0 Å². The Labute approximate surface area is 144 Å². The van der Waals surface area contributed by atoms with Gasteiger partial charge in [-0.1, -0.05) is 52.3 Å². The summed E-state index contributed by atoms with van der Waals surface area (Å²) in [6, 6.07) is 10.5. The van der Waals surface area contributed by atoms with Crippen LogP contribution in [0.5, 0.6) is 5.75 Å². The lowest BCUT2D eigenvalue weighted by atomic mass is 9.72. The third-order valence-corrected chi connectivity index (χ3v) is 5.31. The van der Waals surface area contributed by atoms with E-state index in [1.807, 2.05) is 18.2 Å². The van der Waals surface area contributed by atoms with Gasteiger partial charge in [-0.25, -0.2) is 4.39 Å². The number of rotatable bonds is 6. The Bertz CT molecular complexity index is 707. The molecule has 2 aromatic rings. The van der Waals surface area contributed by atoms with Crippen molar-refractivity contribution in [2.24, 2.45) is 5.41 Å². The van der Waals surface area contributed by atoms with Crippen molar-refractivity contribution in [3.8, 4) is 16.9 Å². The summed E-state index contributed by atoms with van der Waals surface area (Å²) in [7, 11) is 1.58. The molecule has 1 atom stereocenters. The lowest BCUT2D eigenvalue weighted by Crippen LogP contribution is -2.19. The van der Waals surface area contributed by atoms with Gasteiger partial charge >= 0.3 is 0 Å². The molecule has 0 saturated heterocycles. The van der Waals surface area contributed by atoms with Gasteiger partial charge in [0.1, 0.15) is 11.6 Å². The van der Waals surface area contributed by atoms with Gasteiger partial charge in [0.15, 0.2) is 0 Å². The molecule has 0 radical (unpaired) electrons. The monoisotopic (exact) mass is 330 g/mol. The molecule has 0 heterocycles. The number of aliphatic hydroxyl groups excluding tert-OH is 1. The van der Waals surface area contributed by atoms with Crippen molar-refractivity contribution in [2.75, 3.05) is 7.11 Å². The third kappa shape index (κ3) is 3.62. The van der Waals surface area contributed by atoms with Gasteiger partial charge in [-0.3, -0.25) is 0 Å². The van der Waals surface area contributed by atoms with Crippen molar-refractivity contribution in [1.29, 1.82) is 0 Å². The number of methoxy groups -OCH3 is 1. The van der Waals surface area contributed by atoms with E-state index >= 15 is 0 Å². The number of hydrogen-bond acceptors (Lipinski definition) is 2. The van der Waals surface area contributed by atoms with Gasteiger partial charge in [-0.05, 0) is 46.2 Å². The maximum Gasteiger partial charge on any atom is 0.131 e. The second kappa shape index (κ2) is 7.35. The molecule has 0 aliphatic rings. The number of halogens is 1. The fourth-order valence-corrected chi connectivity index (χ4v) is 2.88. The molecular formula is C21H27FO2. The highest BCUT2D eigenvalue weighted by atomic mass is 19.1. The zero-order valence-corrected chi connectivity index (χ0v) is 15.2. The fourth-order valence-electron chi connectivity index (χ4n) is 2.88. The predicted molar refractivity (Wildman–Crippen MR) is 96.8 cm³/mol. The van der Waals surface area contributed by atoms with E-state index in [2.05, 4.69) is 27.7 Å². The molecule has 0 aliphatic carbocycles. The van der Waals surface area contributed by atoms with Crippen LogP contribution in [-0.2, 0) is 6.61 Å². The summed E-state index contributed by atoms with van der Waals surface area (Å²) in [4.78, 5) is 0. The summed E-state index contributed by atoms with van der Waals surface area (Å²) in [5.41, 5.74) is 3.36. The maximum atomic E-state index is 14.5. The molecule has 0 aromatic heterocycles. The first-order valence-corrected chi connectivity index (χ1v) is 8.41. The lowest BCUT2D eigenvalue weighted by Gasteiger charge is -2.33. The average Bonchev–Trinajstić information content (AvgIpc) is 2.61. The minimum atomic E-state index is -0.268. The summed E-state index contributed by atoms with van der Waals surface area (Å²) in [5.74, 6) is 0.580. The van der Waals surface area contributed by atoms with E-state index in [-0.39, 0.29) is 23.8 Å². The van der Waals surface area contributed by atoms with Crippen LogP contribution >= 0.6 is 0 Å². The topological polar surface area (TPSA) is 29.5 Å². The number of benzene rings is 2. The quantitative estimate of drug-likeness (QED) is 0.754. The third-order valence-electron chi connectivity index (χ3n) is 5.31. The van der Waals surface area contributed by atoms with Crippen LogP contribution in [0.3, 0.4) is 0 Å². The molecule has 2 aromatic carbocycles. The van der Waals surface area contributed by atoms with Crippen LogP contribution in [0.2, 0.25) is 0 Å². The van der Waals surface area contributed by atoms with Crippen LogP contribution < -0.4 is 4.74 Å². The molecule has 0 fully saturated rings. The van der Waals surface area contributed by atoms with E-state index in [4.69, 9.17) is 4.74 Å². The fraction of sp³-hybridized carbons (Fsp3) is 0.429. The lowest BCUT2D eigenvalue weighted by molar-refractivity contribution is 0.278. The Morgan fingerprint density at radius 1 is 1.12 bits per heavy atom. The molecule has 0 bridgehead atoms. The van der Waals surface area contributed by atoms with Crippen LogP contribution in [0.4, 0.5) is 4.39 Å². The average molecular weight is 330 g/mol. The molecular weight excluding hydrogens is 303 g/mol.